The molecule has 1 aromatic rings. The van der Waals surface area contributed by atoms with Crippen LogP contribution in [0.4, 0.5) is 0 Å². The summed E-state index contributed by atoms with van der Waals surface area (Å²) in [5.41, 5.74) is 7.84. The minimum absolute atomic E-state index is 0.200. The minimum atomic E-state index is -0.339. The van der Waals surface area contributed by atoms with Crippen LogP contribution >= 0.6 is 0 Å². The molecule has 0 bridgehead atoms. The molecule has 0 fully saturated rings. The highest BCUT2D eigenvalue weighted by Gasteiger charge is 2.19. The van der Waals surface area contributed by atoms with Gasteiger partial charge in [0.2, 0.25) is 5.91 Å². The van der Waals surface area contributed by atoms with Crippen molar-refractivity contribution in [2.75, 3.05) is 0 Å². The molecule has 2 N–H and O–H groups in total. The maximum atomic E-state index is 11.3. The number of amides is 1. The first-order valence-corrected chi connectivity index (χ1v) is 4.60. The molecular formula is C11H11NO2. The van der Waals surface area contributed by atoms with Gasteiger partial charge in [0, 0.05) is 12.0 Å². The number of fused-ring (bicyclic) bond motifs is 1. The number of benzene rings is 1. The molecule has 0 radical (unpaired) electrons. The third-order valence-corrected chi connectivity index (χ3v) is 2.47. The molecule has 3 heteroatoms. The van der Waals surface area contributed by atoms with E-state index in [0.29, 0.717) is 6.42 Å². The van der Waals surface area contributed by atoms with E-state index >= 15 is 0 Å². The minimum Gasteiger partial charge on any atom is -0.369 e. The smallest absolute Gasteiger partial charge is 0.221 e. The van der Waals surface area contributed by atoms with Crippen molar-refractivity contribution in [1.29, 1.82) is 0 Å². The zero-order valence-electron chi connectivity index (χ0n) is 7.75. The lowest BCUT2D eigenvalue weighted by Crippen LogP contribution is -2.13. The van der Waals surface area contributed by atoms with Gasteiger partial charge in [0.1, 0.15) is 0 Å². The van der Waals surface area contributed by atoms with Crippen LogP contribution in [0.25, 0.3) is 0 Å². The van der Waals surface area contributed by atoms with Gasteiger partial charge in [0.15, 0.2) is 5.78 Å². The molecule has 1 aliphatic carbocycles. The highest BCUT2D eigenvalue weighted by molar-refractivity contribution is 6.00. The largest absolute Gasteiger partial charge is 0.369 e. The van der Waals surface area contributed by atoms with Gasteiger partial charge in [-0.25, -0.2) is 0 Å². The number of nitrogens with two attached hydrogens (primary N) is 1. The first-order chi connectivity index (χ1) is 6.66. The normalized spacial score (nSPS) is 14.1. The van der Waals surface area contributed by atoms with Gasteiger partial charge in [-0.15, -0.1) is 0 Å². The first-order valence-electron chi connectivity index (χ1n) is 4.60. The van der Waals surface area contributed by atoms with Crippen molar-refractivity contribution in [2.24, 2.45) is 5.73 Å². The summed E-state index contributed by atoms with van der Waals surface area (Å²) in [7, 11) is 0. The topological polar surface area (TPSA) is 60.2 Å². The van der Waals surface area contributed by atoms with Crippen molar-refractivity contribution in [3.63, 3.8) is 0 Å². The number of hydrogen-bond donors (Lipinski definition) is 1. The molecule has 2 rings (SSSR count). The summed E-state index contributed by atoms with van der Waals surface area (Å²) in [5, 5.41) is 0. The Hall–Kier alpha value is -1.64. The molecule has 3 nitrogen and oxygen atoms in total. The molecule has 14 heavy (non-hydrogen) atoms. The second-order valence-electron chi connectivity index (χ2n) is 3.56. The number of Topliss-reactive ketones (excluding diaryl/α,β-unsaturated/α-hetero) is 1. The Balaban J connectivity index is 2.32. The van der Waals surface area contributed by atoms with Crippen LogP contribution in [-0.4, -0.2) is 11.7 Å². The number of rotatable bonds is 2. The van der Waals surface area contributed by atoms with Crippen LogP contribution in [0.5, 0.6) is 0 Å². The Labute approximate surface area is 81.9 Å². The van der Waals surface area contributed by atoms with Crippen LogP contribution in [0, 0.1) is 0 Å². The standard InChI is InChI=1S/C11H11NO2/c12-11(14)6-7-1-3-9-8(5-7)2-4-10(9)13/h1,3,5H,2,4,6H2,(H2,12,14). The predicted molar refractivity (Wildman–Crippen MR) is 52.0 cm³/mol. The first kappa shape index (κ1) is 8.94. The molecular weight excluding hydrogens is 178 g/mol. The Bertz CT molecular complexity index is 410. The summed E-state index contributed by atoms with van der Waals surface area (Å²) in [5.74, 6) is -0.139. The number of ketones is 1. The zero-order valence-corrected chi connectivity index (χ0v) is 7.75. The molecule has 0 aliphatic heterocycles. The van der Waals surface area contributed by atoms with Crippen LogP contribution in [0.3, 0.4) is 0 Å². The Morgan fingerprint density at radius 1 is 1.36 bits per heavy atom. The van der Waals surface area contributed by atoms with E-state index in [2.05, 4.69) is 0 Å². The summed E-state index contributed by atoms with van der Waals surface area (Å²) >= 11 is 0. The van der Waals surface area contributed by atoms with Crippen molar-refractivity contribution in [2.45, 2.75) is 19.3 Å². The predicted octanol–water partition coefficient (Wildman–Crippen LogP) is 0.843. The van der Waals surface area contributed by atoms with E-state index in [1.807, 2.05) is 6.07 Å². The Kier molecular flexibility index (Phi) is 2.08. The summed E-state index contributed by atoms with van der Waals surface area (Å²) < 4.78 is 0. The fourth-order valence-corrected chi connectivity index (χ4v) is 1.82. The molecule has 0 atom stereocenters. The molecule has 1 aromatic carbocycles. The van der Waals surface area contributed by atoms with Crippen molar-refractivity contribution < 1.29 is 9.59 Å². The summed E-state index contributed by atoms with van der Waals surface area (Å²) in [6, 6.07) is 5.50. The van der Waals surface area contributed by atoms with E-state index in [1.54, 1.807) is 12.1 Å². The average Bonchev–Trinajstić information content (AvgIpc) is 2.46. The highest BCUT2D eigenvalue weighted by Crippen LogP contribution is 2.22. The van der Waals surface area contributed by atoms with Gasteiger partial charge in [-0.3, -0.25) is 9.59 Å². The summed E-state index contributed by atoms with van der Waals surface area (Å²) in [6.45, 7) is 0. The number of hydrogen-bond acceptors (Lipinski definition) is 2. The fraction of sp³-hybridized carbons (Fsp3) is 0.273. The zero-order chi connectivity index (χ0) is 10.1. The van der Waals surface area contributed by atoms with E-state index in [0.717, 1.165) is 23.1 Å². The van der Waals surface area contributed by atoms with Crippen molar-refractivity contribution in [3.05, 3.63) is 34.9 Å². The quantitative estimate of drug-likeness (QED) is 0.749. The number of primary amides is 1. The molecule has 72 valence electrons. The van der Waals surface area contributed by atoms with Crippen LogP contribution in [0.2, 0.25) is 0 Å². The third-order valence-electron chi connectivity index (χ3n) is 2.47. The van der Waals surface area contributed by atoms with Crippen molar-refractivity contribution >= 4 is 11.7 Å². The lowest BCUT2D eigenvalue weighted by atomic mass is 10.0. The summed E-state index contributed by atoms with van der Waals surface area (Å²) in [6.07, 6.45) is 1.64. The van der Waals surface area contributed by atoms with Crippen LogP contribution in [-0.2, 0) is 17.6 Å². The third kappa shape index (κ3) is 1.53. The van der Waals surface area contributed by atoms with E-state index in [4.69, 9.17) is 5.73 Å². The fourth-order valence-electron chi connectivity index (χ4n) is 1.82. The monoisotopic (exact) mass is 189 g/mol. The van der Waals surface area contributed by atoms with Gasteiger partial charge >= 0.3 is 0 Å². The van der Waals surface area contributed by atoms with Crippen LogP contribution in [0.15, 0.2) is 18.2 Å². The summed E-state index contributed by atoms with van der Waals surface area (Å²) in [4.78, 5) is 22.0. The lowest BCUT2D eigenvalue weighted by Gasteiger charge is -2.01. The van der Waals surface area contributed by atoms with Crippen LogP contribution in [0.1, 0.15) is 27.9 Å². The second-order valence-corrected chi connectivity index (χ2v) is 3.56. The number of carbonyl (C=O) groups is 2. The van der Waals surface area contributed by atoms with Gasteiger partial charge in [-0.2, -0.15) is 0 Å². The maximum absolute atomic E-state index is 11.3. The molecule has 0 spiro atoms. The molecule has 1 amide bonds. The number of aryl methyl sites for hydroxylation is 1. The van der Waals surface area contributed by atoms with Gasteiger partial charge in [0.25, 0.3) is 0 Å². The Morgan fingerprint density at radius 3 is 2.86 bits per heavy atom. The van der Waals surface area contributed by atoms with Crippen molar-refractivity contribution in [1.82, 2.24) is 0 Å². The molecule has 0 saturated carbocycles. The molecule has 0 saturated heterocycles. The highest BCUT2D eigenvalue weighted by atomic mass is 16.1. The SMILES string of the molecule is NC(=O)Cc1ccc2c(c1)CCC2=O. The van der Waals surface area contributed by atoms with E-state index < -0.39 is 0 Å². The molecule has 0 aromatic heterocycles. The number of carbonyl (C=O) groups excluding carboxylic acids is 2. The van der Waals surface area contributed by atoms with E-state index in [1.165, 1.54) is 0 Å². The van der Waals surface area contributed by atoms with Gasteiger partial charge in [0.05, 0.1) is 6.42 Å². The van der Waals surface area contributed by atoms with Crippen molar-refractivity contribution in [3.8, 4) is 0 Å². The van der Waals surface area contributed by atoms with E-state index in [9.17, 15) is 9.59 Å². The van der Waals surface area contributed by atoms with Crippen LogP contribution < -0.4 is 5.73 Å². The lowest BCUT2D eigenvalue weighted by molar-refractivity contribution is -0.117. The Morgan fingerprint density at radius 2 is 2.14 bits per heavy atom. The van der Waals surface area contributed by atoms with E-state index in [-0.39, 0.29) is 18.1 Å². The second kappa shape index (κ2) is 3.25. The molecule has 0 unspecified atom stereocenters. The molecule has 0 heterocycles. The van der Waals surface area contributed by atoms with Gasteiger partial charge in [-0.05, 0) is 17.5 Å². The molecule has 1 aliphatic rings. The van der Waals surface area contributed by atoms with Gasteiger partial charge in [-0.1, -0.05) is 18.2 Å². The average molecular weight is 189 g/mol. The maximum Gasteiger partial charge on any atom is 0.221 e. The van der Waals surface area contributed by atoms with Gasteiger partial charge < -0.3 is 5.73 Å².